The minimum Gasteiger partial charge on any atom is -0.493 e. The third-order valence-electron chi connectivity index (χ3n) is 3.97. The van der Waals surface area contributed by atoms with Crippen LogP contribution in [0.2, 0.25) is 0 Å². The Bertz CT molecular complexity index is 878. The van der Waals surface area contributed by atoms with Crippen molar-refractivity contribution >= 4 is 5.97 Å². The third-order valence-corrected chi connectivity index (χ3v) is 3.97. The number of carbonyl (C=O) groups is 1. The Hall–Kier alpha value is -3.47. The van der Waals surface area contributed by atoms with Gasteiger partial charge >= 0.3 is 5.97 Å². The molecule has 0 radical (unpaired) electrons. The minimum atomic E-state index is -0.900. The van der Waals surface area contributed by atoms with E-state index in [-0.39, 0.29) is 13.0 Å². The standard InChI is InChI=1S/C23H22O5/c24-23(25)13-14-26-20-11-12-21(27-16-18-7-3-1-4-8-18)22(15-20)28-17-19-9-5-2-6-10-19/h1-12,15H,13-14,16-17H2,(H,24,25). The van der Waals surface area contributed by atoms with Gasteiger partial charge in [-0.25, -0.2) is 0 Å². The predicted octanol–water partition coefficient (Wildman–Crippen LogP) is 4.70. The maximum absolute atomic E-state index is 10.7. The van der Waals surface area contributed by atoms with Crippen LogP contribution in [0.3, 0.4) is 0 Å². The van der Waals surface area contributed by atoms with Gasteiger partial charge in [-0.05, 0) is 23.3 Å². The molecular formula is C23H22O5. The molecule has 0 spiro atoms. The zero-order chi connectivity index (χ0) is 19.6. The summed E-state index contributed by atoms with van der Waals surface area (Å²) in [4.78, 5) is 10.7. The normalized spacial score (nSPS) is 10.3. The van der Waals surface area contributed by atoms with Crippen molar-refractivity contribution in [1.29, 1.82) is 0 Å². The van der Waals surface area contributed by atoms with E-state index in [1.807, 2.05) is 60.7 Å². The Balaban J connectivity index is 1.71. The fraction of sp³-hybridized carbons (Fsp3) is 0.174. The van der Waals surface area contributed by atoms with Crippen LogP contribution in [-0.4, -0.2) is 17.7 Å². The first-order chi connectivity index (χ1) is 13.7. The van der Waals surface area contributed by atoms with E-state index in [0.29, 0.717) is 30.5 Å². The molecule has 28 heavy (non-hydrogen) atoms. The molecule has 144 valence electrons. The number of benzene rings is 3. The first-order valence-electron chi connectivity index (χ1n) is 9.03. The summed E-state index contributed by atoms with van der Waals surface area (Å²) in [5.41, 5.74) is 2.09. The van der Waals surface area contributed by atoms with Gasteiger partial charge in [-0.15, -0.1) is 0 Å². The summed E-state index contributed by atoms with van der Waals surface area (Å²) in [6.45, 7) is 0.903. The van der Waals surface area contributed by atoms with E-state index in [1.165, 1.54) is 0 Å². The monoisotopic (exact) mass is 378 g/mol. The van der Waals surface area contributed by atoms with Crippen LogP contribution < -0.4 is 14.2 Å². The average Bonchev–Trinajstić information content (AvgIpc) is 2.73. The molecule has 0 aliphatic heterocycles. The summed E-state index contributed by atoms with van der Waals surface area (Å²) in [6.07, 6.45) is -0.0630. The Labute approximate surface area is 164 Å². The van der Waals surface area contributed by atoms with E-state index < -0.39 is 5.97 Å². The van der Waals surface area contributed by atoms with Gasteiger partial charge in [0.05, 0.1) is 13.0 Å². The third kappa shape index (κ3) is 6.06. The van der Waals surface area contributed by atoms with Gasteiger partial charge in [0, 0.05) is 6.07 Å². The van der Waals surface area contributed by atoms with Gasteiger partial charge in [-0.3, -0.25) is 4.79 Å². The number of hydrogen-bond donors (Lipinski definition) is 1. The van der Waals surface area contributed by atoms with Crippen LogP contribution in [0, 0.1) is 0 Å². The Morgan fingerprint density at radius 2 is 1.29 bits per heavy atom. The van der Waals surface area contributed by atoms with Crippen LogP contribution in [0.5, 0.6) is 17.2 Å². The van der Waals surface area contributed by atoms with Crippen LogP contribution in [0.15, 0.2) is 78.9 Å². The number of aliphatic carboxylic acids is 1. The van der Waals surface area contributed by atoms with Gasteiger partial charge < -0.3 is 19.3 Å². The van der Waals surface area contributed by atoms with Crippen molar-refractivity contribution in [2.75, 3.05) is 6.61 Å². The van der Waals surface area contributed by atoms with E-state index in [1.54, 1.807) is 18.2 Å². The van der Waals surface area contributed by atoms with Gasteiger partial charge in [0.2, 0.25) is 0 Å². The summed E-state index contributed by atoms with van der Waals surface area (Å²) in [7, 11) is 0. The molecule has 0 atom stereocenters. The van der Waals surface area contributed by atoms with Crippen molar-refractivity contribution < 1.29 is 24.1 Å². The molecule has 0 aromatic heterocycles. The van der Waals surface area contributed by atoms with E-state index in [2.05, 4.69) is 0 Å². The molecule has 3 aromatic carbocycles. The number of ether oxygens (including phenoxy) is 3. The van der Waals surface area contributed by atoms with Crippen molar-refractivity contribution in [3.8, 4) is 17.2 Å². The highest BCUT2D eigenvalue weighted by Crippen LogP contribution is 2.33. The largest absolute Gasteiger partial charge is 0.493 e. The van der Waals surface area contributed by atoms with Crippen molar-refractivity contribution in [2.45, 2.75) is 19.6 Å². The Morgan fingerprint density at radius 1 is 0.714 bits per heavy atom. The summed E-state index contributed by atoms with van der Waals surface area (Å²) in [6, 6.07) is 25.0. The smallest absolute Gasteiger partial charge is 0.306 e. The van der Waals surface area contributed by atoms with Crippen molar-refractivity contribution in [1.82, 2.24) is 0 Å². The first-order valence-corrected chi connectivity index (χ1v) is 9.03. The molecule has 0 saturated carbocycles. The number of rotatable bonds is 10. The molecule has 0 aliphatic carbocycles. The zero-order valence-electron chi connectivity index (χ0n) is 15.4. The highest BCUT2D eigenvalue weighted by molar-refractivity contribution is 5.66. The maximum Gasteiger partial charge on any atom is 0.306 e. The van der Waals surface area contributed by atoms with E-state index in [4.69, 9.17) is 19.3 Å². The second-order valence-electron chi connectivity index (χ2n) is 6.15. The fourth-order valence-electron chi connectivity index (χ4n) is 2.54. The highest BCUT2D eigenvalue weighted by Gasteiger charge is 2.09. The predicted molar refractivity (Wildman–Crippen MR) is 106 cm³/mol. The maximum atomic E-state index is 10.7. The minimum absolute atomic E-state index is 0.0630. The highest BCUT2D eigenvalue weighted by atomic mass is 16.5. The SMILES string of the molecule is O=C(O)CCOc1ccc(OCc2ccccc2)c(OCc2ccccc2)c1. The second-order valence-corrected chi connectivity index (χ2v) is 6.15. The average molecular weight is 378 g/mol. The number of carboxylic acid groups (broad SMARTS) is 1. The van der Waals surface area contributed by atoms with Crippen LogP contribution in [-0.2, 0) is 18.0 Å². The molecule has 0 aliphatic rings. The van der Waals surface area contributed by atoms with Gasteiger partial charge in [0.15, 0.2) is 11.5 Å². The molecule has 1 N–H and O–H groups in total. The molecule has 0 amide bonds. The molecule has 0 unspecified atom stereocenters. The summed E-state index contributed by atoms with van der Waals surface area (Å²) in [5, 5.41) is 8.75. The molecule has 5 heteroatoms. The van der Waals surface area contributed by atoms with E-state index in [9.17, 15) is 4.79 Å². The van der Waals surface area contributed by atoms with Crippen molar-refractivity contribution in [3.63, 3.8) is 0 Å². The fourth-order valence-corrected chi connectivity index (χ4v) is 2.54. The lowest BCUT2D eigenvalue weighted by Gasteiger charge is -2.15. The molecule has 0 heterocycles. The van der Waals surface area contributed by atoms with Gasteiger partial charge in [0.1, 0.15) is 19.0 Å². The van der Waals surface area contributed by atoms with Crippen LogP contribution in [0.25, 0.3) is 0 Å². The van der Waals surface area contributed by atoms with E-state index in [0.717, 1.165) is 11.1 Å². The van der Waals surface area contributed by atoms with Gasteiger partial charge in [0.25, 0.3) is 0 Å². The van der Waals surface area contributed by atoms with Crippen molar-refractivity contribution in [2.24, 2.45) is 0 Å². The molecule has 3 aromatic rings. The Morgan fingerprint density at radius 3 is 1.86 bits per heavy atom. The van der Waals surface area contributed by atoms with Crippen LogP contribution in [0.1, 0.15) is 17.5 Å². The molecule has 0 bridgehead atoms. The molecule has 0 saturated heterocycles. The van der Waals surface area contributed by atoms with Crippen LogP contribution in [0.4, 0.5) is 0 Å². The first kappa shape index (κ1) is 19.3. The van der Waals surface area contributed by atoms with Gasteiger partial charge in [-0.2, -0.15) is 0 Å². The second kappa shape index (κ2) is 10.0. The lowest BCUT2D eigenvalue weighted by atomic mass is 10.2. The van der Waals surface area contributed by atoms with Crippen LogP contribution >= 0.6 is 0 Å². The topological polar surface area (TPSA) is 65.0 Å². The summed E-state index contributed by atoms with van der Waals surface area (Å²) >= 11 is 0. The molecule has 3 rings (SSSR count). The molecule has 0 fully saturated rings. The van der Waals surface area contributed by atoms with E-state index >= 15 is 0 Å². The summed E-state index contributed by atoms with van der Waals surface area (Å²) < 4.78 is 17.4. The number of hydrogen-bond acceptors (Lipinski definition) is 4. The number of carboxylic acids is 1. The lowest BCUT2D eigenvalue weighted by Crippen LogP contribution is -2.05. The Kier molecular flexibility index (Phi) is 6.90. The zero-order valence-corrected chi connectivity index (χ0v) is 15.4. The summed E-state index contributed by atoms with van der Waals surface area (Å²) in [5.74, 6) is 0.790. The van der Waals surface area contributed by atoms with Gasteiger partial charge in [-0.1, -0.05) is 60.7 Å². The lowest BCUT2D eigenvalue weighted by molar-refractivity contribution is -0.137. The van der Waals surface area contributed by atoms with Crippen molar-refractivity contribution in [3.05, 3.63) is 90.0 Å². The quantitative estimate of drug-likeness (QED) is 0.554. The molecular weight excluding hydrogens is 356 g/mol. The molecule has 5 nitrogen and oxygen atoms in total.